The highest BCUT2D eigenvalue weighted by atomic mass is 79.9. The third-order valence-corrected chi connectivity index (χ3v) is 5.24. The number of halogens is 2. The molecule has 2 aromatic rings. The molecule has 106 valence electrons. The van der Waals surface area contributed by atoms with Gasteiger partial charge in [0.05, 0.1) is 10.6 Å². The molecule has 0 fully saturated rings. The zero-order chi connectivity index (χ0) is 14.9. The van der Waals surface area contributed by atoms with Gasteiger partial charge in [0.15, 0.2) is 0 Å². The van der Waals surface area contributed by atoms with Gasteiger partial charge in [-0.25, -0.2) is 8.42 Å². The van der Waals surface area contributed by atoms with Crippen molar-refractivity contribution < 1.29 is 8.42 Å². The molecule has 3 N–H and O–H groups in total. The van der Waals surface area contributed by atoms with Crippen molar-refractivity contribution >= 4 is 53.3 Å². The van der Waals surface area contributed by atoms with Crippen molar-refractivity contribution in [1.29, 1.82) is 0 Å². The summed E-state index contributed by atoms with van der Waals surface area (Å²) in [7, 11) is -3.64. The summed E-state index contributed by atoms with van der Waals surface area (Å²) in [5.41, 5.74) is 7.46. The number of nitrogens with two attached hydrogens (primary N) is 1. The molecule has 0 bridgehead atoms. The van der Waals surface area contributed by atoms with E-state index in [-0.39, 0.29) is 4.90 Å². The van der Waals surface area contributed by atoms with Gasteiger partial charge < -0.3 is 5.73 Å². The lowest BCUT2D eigenvalue weighted by Crippen LogP contribution is -2.13. The van der Waals surface area contributed by atoms with Gasteiger partial charge in [-0.15, -0.1) is 0 Å². The van der Waals surface area contributed by atoms with Crippen molar-refractivity contribution in [2.75, 3.05) is 10.5 Å². The number of nitrogen functional groups attached to an aromatic ring is 1. The Morgan fingerprint density at radius 3 is 2.40 bits per heavy atom. The Bertz CT molecular complexity index is 761. The average Bonchev–Trinajstić information content (AvgIpc) is 2.36. The van der Waals surface area contributed by atoms with Crippen LogP contribution in [0, 0.1) is 6.92 Å². The minimum absolute atomic E-state index is 0.180. The lowest BCUT2D eigenvalue weighted by molar-refractivity contribution is 0.601. The van der Waals surface area contributed by atoms with Crippen molar-refractivity contribution in [1.82, 2.24) is 0 Å². The van der Waals surface area contributed by atoms with Gasteiger partial charge >= 0.3 is 0 Å². The molecule has 0 spiro atoms. The Morgan fingerprint density at radius 2 is 1.80 bits per heavy atom. The number of sulfonamides is 1. The molecular weight excluding hydrogens is 408 g/mol. The van der Waals surface area contributed by atoms with Crippen LogP contribution in [0.1, 0.15) is 5.56 Å². The monoisotopic (exact) mass is 418 g/mol. The highest BCUT2D eigenvalue weighted by molar-refractivity contribution is 9.11. The fourth-order valence-electron chi connectivity index (χ4n) is 1.59. The maximum atomic E-state index is 12.3. The van der Waals surface area contributed by atoms with Crippen LogP contribution < -0.4 is 10.5 Å². The first-order chi connectivity index (χ1) is 9.29. The summed E-state index contributed by atoms with van der Waals surface area (Å²) in [6.45, 7) is 1.77. The average molecular weight is 420 g/mol. The standard InChI is InChI=1S/C13H12Br2N2O2S/c1-8-6-10(3-4-12(8)16)20(18,19)17-13-5-2-9(14)7-11(13)15/h2-7,17H,16H2,1H3. The van der Waals surface area contributed by atoms with Gasteiger partial charge in [-0.2, -0.15) is 0 Å². The molecule has 0 saturated heterocycles. The Kier molecular flexibility index (Phi) is 4.41. The van der Waals surface area contributed by atoms with E-state index >= 15 is 0 Å². The highest BCUT2D eigenvalue weighted by Crippen LogP contribution is 2.28. The Hall–Kier alpha value is -1.05. The Labute approximate surface area is 134 Å². The maximum absolute atomic E-state index is 12.3. The van der Waals surface area contributed by atoms with Gasteiger partial charge in [0, 0.05) is 14.6 Å². The van der Waals surface area contributed by atoms with Crippen LogP contribution in [0.15, 0.2) is 50.2 Å². The van der Waals surface area contributed by atoms with Crippen molar-refractivity contribution in [3.05, 3.63) is 50.9 Å². The van der Waals surface area contributed by atoms with Gasteiger partial charge in [-0.05, 0) is 64.8 Å². The summed E-state index contributed by atoms with van der Waals surface area (Å²) in [6.07, 6.45) is 0. The summed E-state index contributed by atoms with van der Waals surface area (Å²) in [4.78, 5) is 0.180. The van der Waals surface area contributed by atoms with E-state index in [0.717, 1.165) is 10.0 Å². The molecule has 0 heterocycles. The van der Waals surface area contributed by atoms with Crippen LogP contribution in [0.25, 0.3) is 0 Å². The lowest BCUT2D eigenvalue weighted by Gasteiger charge is -2.11. The highest BCUT2D eigenvalue weighted by Gasteiger charge is 2.16. The van der Waals surface area contributed by atoms with Crippen molar-refractivity contribution in [2.24, 2.45) is 0 Å². The second kappa shape index (κ2) is 5.75. The van der Waals surface area contributed by atoms with Crippen LogP contribution >= 0.6 is 31.9 Å². The van der Waals surface area contributed by atoms with Gasteiger partial charge in [-0.1, -0.05) is 15.9 Å². The molecule has 0 amide bonds. The van der Waals surface area contributed by atoms with E-state index in [0.29, 0.717) is 15.8 Å². The van der Waals surface area contributed by atoms with E-state index in [4.69, 9.17) is 5.73 Å². The second-order valence-corrected chi connectivity index (χ2v) is 7.70. The van der Waals surface area contributed by atoms with Crippen LogP contribution in [0.5, 0.6) is 0 Å². The van der Waals surface area contributed by atoms with Gasteiger partial charge in [0.1, 0.15) is 0 Å². The zero-order valence-corrected chi connectivity index (χ0v) is 14.5. The van der Waals surface area contributed by atoms with Crippen LogP contribution in [0.4, 0.5) is 11.4 Å². The number of hydrogen-bond acceptors (Lipinski definition) is 3. The number of benzene rings is 2. The molecule has 0 radical (unpaired) electrons. The number of hydrogen-bond donors (Lipinski definition) is 2. The molecule has 4 nitrogen and oxygen atoms in total. The van der Waals surface area contributed by atoms with Crippen LogP contribution in [0.2, 0.25) is 0 Å². The largest absolute Gasteiger partial charge is 0.399 e. The first kappa shape index (κ1) is 15.3. The first-order valence-corrected chi connectivity index (χ1v) is 8.70. The Morgan fingerprint density at radius 1 is 1.10 bits per heavy atom. The lowest BCUT2D eigenvalue weighted by atomic mass is 10.2. The number of aryl methyl sites for hydroxylation is 1. The third-order valence-electron chi connectivity index (χ3n) is 2.73. The molecule has 0 aromatic heterocycles. The zero-order valence-electron chi connectivity index (χ0n) is 10.5. The molecule has 0 atom stereocenters. The van der Waals surface area contributed by atoms with E-state index in [1.165, 1.54) is 6.07 Å². The second-order valence-electron chi connectivity index (χ2n) is 4.25. The summed E-state index contributed by atoms with van der Waals surface area (Å²) < 4.78 is 28.7. The van der Waals surface area contributed by atoms with E-state index in [2.05, 4.69) is 36.6 Å². The molecule has 0 unspecified atom stereocenters. The number of nitrogens with one attached hydrogen (secondary N) is 1. The topological polar surface area (TPSA) is 72.2 Å². The maximum Gasteiger partial charge on any atom is 0.261 e. The molecule has 0 aliphatic heterocycles. The van der Waals surface area contributed by atoms with Gasteiger partial charge in [0.25, 0.3) is 10.0 Å². The molecule has 2 rings (SSSR count). The summed E-state index contributed by atoms with van der Waals surface area (Å²) >= 11 is 6.64. The normalized spacial score (nSPS) is 11.3. The van der Waals surface area contributed by atoms with E-state index in [1.54, 1.807) is 37.3 Å². The summed E-state index contributed by atoms with van der Waals surface area (Å²) in [5.74, 6) is 0. The van der Waals surface area contributed by atoms with E-state index in [1.807, 2.05) is 0 Å². The number of rotatable bonds is 3. The molecule has 2 aromatic carbocycles. The van der Waals surface area contributed by atoms with E-state index < -0.39 is 10.0 Å². The van der Waals surface area contributed by atoms with Crippen molar-refractivity contribution in [3.63, 3.8) is 0 Å². The SMILES string of the molecule is Cc1cc(S(=O)(=O)Nc2ccc(Br)cc2Br)ccc1N. The minimum atomic E-state index is -3.64. The third kappa shape index (κ3) is 3.34. The van der Waals surface area contributed by atoms with Crippen LogP contribution in [-0.2, 0) is 10.0 Å². The first-order valence-electron chi connectivity index (χ1n) is 5.63. The Balaban J connectivity index is 2.38. The van der Waals surface area contributed by atoms with Crippen molar-refractivity contribution in [3.8, 4) is 0 Å². The minimum Gasteiger partial charge on any atom is -0.399 e. The van der Waals surface area contributed by atoms with Crippen molar-refractivity contribution in [2.45, 2.75) is 11.8 Å². The fourth-order valence-corrected chi connectivity index (χ4v) is 4.03. The molecule has 0 saturated carbocycles. The van der Waals surface area contributed by atoms with Gasteiger partial charge in [0.2, 0.25) is 0 Å². The predicted octanol–water partition coefficient (Wildman–Crippen LogP) is 3.90. The molecule has 20 heavy (non-hydrogen) atoms. The molecule has 0 aliphatic carbocycles. The molecule has 7 heteroatoms. The smallest absolute Gasteiger partial charge is 0.261 e. The van der Waals surface area contributed by atoms with Crippen LogP contribution in [-0.4, -0.2) is 8.42 Å². The fraction of sp³-hybridized carbons (Fsp3) is 0.0769. The summed E-state index contributed by atoms with van der Waals surface area (Å²) in [5, 5.41) is 0. The molecular formula is C13H12Br2N2O2S. The summed E-state index contributed by atoms with van der Waals surface area (Å²) in [6, 6.07) is 9.82. The van der Waals surface area contributed by atoms with Gasteiger partial charge in [-0.3, -0.25) is 4.72 Å². The van der Waals surface area contributed by atoms with Crippen LogP contribution in [0.3, 0.4) is 0 Å². The predicted molar refractivity (Wildman–Crippen MR) is 88.2 cm³/mol. The molecule has 0 aliphatic rings. The quantitative estimate of drug-likeness (QED) is 0.741. The van der Waals surface area contributed by atoms with E-state index in [9.17, 15) is 8.42 Å². The number of anilines is 2.